The van der Waals surface area contributed by atoms with Gasteiger partial charge in [-0.3, -0.25) is 0 Å². The van der Waals surface area contributed by atoms with Crippen LogP contribution in [0.2, 0.25) is 0 Å². The molecule has 2 heterocycles. The van der Waals surface area contributed by atoms with Crippen LogP contribution in [0.4, 0.5) is 5.82 Å². The van der Waals surface area contributed by atoms with Gasteiger partial charge in [0.15, 0.2) is 11.5 Å². The van der Waals surface area contributed by atoms with Gasteiger partial charge in [-0.05, 0) is 35.9 Å². The number of ether oxygens (including phenoxy) is 4. The summed E-state index contributed by atoms with van der Waals surface area (Å²) in [5.74, 6) is 3.16. The van der Waals surface area contributed by atoms with Gasteiger partial charge in [-0.15, -0.1) is 0 Å². The number of methoxy groups -OCH3 is 4. The highest BCUT2D eigenvalue weighted by molar-refractivity contribution is 5.63. The Morgan fingerprint density at radius 3 is 1.86 bits per heavy atom. The van der Waals surface area contributed by atoms with E-state index in [2.05, 4.69) is 15.3 Å². The van der Waals surface area contributed by atoms with Gasteiger partial charge in [-0.25, -0.2) is 9.97 Å². The number of benzene rings is 1. The highest BCUT2D eigenvalue weighted by Gasteiger charge is 2.13. The fourth-order valence-corrected chi connectivity index (χ4v) is 2.77. The molecule has 7 heteroatoms. The first kappa shape index (κ1) is 19.3. The van der Waals surface area contributed by atoms with Crippen LogP contribution in [-0.4, -0.2) is 38.4 Å². The molecule has 0 spiro atoms. The molecule has 0 amide bonds. The summed E-state index contributed by atoms with van der Waals surface area (Å²) in [5, 5.41) is 3.30. The van der Waals surface area contributed by atoms with Crippen molar-refractivity contribution in [2.75, 3.05) is 33.8 Å². The second kappa shape index (κ2) is 8.94. The van der Waals surface area contributed by atoms with Crippen molar-refractivity contribution >= 4 is 5.82 Å². The summed E-state index contributed by atoms with van der Waals surface area (Å²) in [4.78, 5) is 8.69. The Kier molecular flexibility index (Phi) is 6.16. The lowest BCUT2D eigenvalue weighted by Gasteiger charge is -2.14. The fourth-order valence-electron chi connectivity index (χ4n) is 2.77. The number of aromatic nitrogens is 2. The van der Waals surface area contributed by atoms with Gasteiger partial charge in [0.25, 0.3) is 0 Å². The standard InChI is InChI=1S/C21H23N3O4/c1-25-17-9-14(10-18(26-2)21(17)28-4)11-22-19-7-5-15(12-23-19)16-6-8-20(27-3)24-13-16/h5-10,12-13H,11H2,1-4H3,(H,22,23). The first-order valence-electron chi connectivity index (χ1n) is 8.67. The van der Waals surface area contributed by atoms with Crippen molar-refractivity contribution in [3.8, 4) is 34.3 Å². The maximum Gasteiger partial charge on any atom is 0.212 e. The quantitative estimate of drug-likeness (QED) is 0.636. The van der Waals surface area contributed by atoms with E-state index in [-0.39, 0.29) is 0 Å². The summed E-state index contributed by atoms with van der Waals surface area (Å²) in [5.41, 5.74) is 2.94. The monoisotopic (exact) mass is 381 g/mol. The zero-order valence-electron chi connectivity index (χ0n) is 16.4. The van der Waals surface area contributed by atoms with Gasteiger partial charge in [0, 0.05) is 36.1 Å². The minimum absolute atomic E-state index is 0.563. The Morgan fingerprint density at radius 1 is 0.750 bits per heavy atom. The highest BCUT2D eigenvalue weighted by atomic mass is 16.5. The van der Waals surface area contributed by atoms with Crippen molar-refractivity contribution in [1.82, 2.24) is 9.97 Å². The van der Waals surface area contributed by atoms with Crippen molar-refractivity contribution < 1.29 is 18.9 Å². The van der Waals surface area contributed by atoms with E-state index in [4.69, 9.17) is 18.9 Å². The van der Waals surface area contributed by atoms with Crippen molar-refractivity contribution in [2.24, 2.45) is 0 Å². The maximum absolute atomic E-state index is 5.39. The molecule has 28 heavy (non-hydrogen) atoms. The molecule has 0 radical (unpaired) electrons. The smallest absolute Gasteiger partial charge is 0.212 e. The number of nitrogens with one attached hydrogen (secondary N) is 1. The topological polar surface area (TPSA) is 74.7 Å². The molecule has 3 aromatic rings. The number of anilines is 1. The summed E-state index contributed by atoms with van der Waals surface area (Å²) in [6.45, 7) is 0.563. The second-order valence-corrected chi connectivity index (χ2v) is 5.91. The average Bonchev–Trinajstić information content (AvgIpc) is 2.77. The molecule has 0 atom stereocenters. The molecule has 0 aliphatic rings. The van der Waals surface area contributed by atoms with E-state index in [0.717, 1.165) is 22.5 Å². The van der Waals surface area contributed by atoms with Crippen LogP contribution >= 0.6 is 0 Å². The molecular formula is C21H23N3O4. The second-order valence-electron chi connectivity index (χ2n) is 5.91. The molecule has 0 unspecified atom stereocenters. The van der Waals surface area contributed by atoms with Crippen molar-refractivity contribution in [3.63, 3.8) is 0 Å². The van der Waals surface area contributed by atoms with Gasteiger partial charge in [0.05, 0.1) is 28.4 Å². The van der Waals surface area contributed by atoms with Gasteiger partial charge < -0.3 is 24.3 Å². The molecule has 1 N–H and O–H groups in total. The minimum Gasteiger partial charge on any atom is -0.493 e. The van der Waals surface area contributed by atoms with Gasteiger partial charge in [-0.2, -0.15) is 0 Å². The molecule has 0 aliphatic heterocycles. The molecule has 2 aromatic heterocycles. The van der Waals surface area contributed by atoms with E-state index in [1.807, 2.05) is 36.4 Å². The molecule has 146 valence electrons. The largest absolute Gasteiger partial charge is 0.493 e. The lowest BCUT2D eigenvalue weighted by molar-refractivity contribution is 0.324. The third kappa shape index (κ3) is 4.25. The lowest BCUT2D eigenvalue weighted by atomic mass is 10.1. The molecular weight excluding hydrogens is 358 g/mol. The van der Waals surface area contributed by atoms with Gasteiger partial charge in [0.1, 0.15) is 5.82 Å². The van der Waals surface area contributed by atoms with E-state index in [9.17, 15) is 0 Å². The molecule has 0 saturated carbocycles. The number of rotatable bonds is 8. The van der Waals surface area contributed by atoms with Crippen LogP contribution in [0, 0.1) is 0 Å². The number of hydrogen-bond acceptors (Lipinski definition) is 7. The summed E-state index contributed by atoms with van der Waals surface area (Å²) in [7, 11) is 6.38. The first-order chi connectivity index (χ1) is 13.7. The Bertz CT molecular complexity index is 887. The van der Waals surface area contributed by atoms with Gasteiger partial charge in [0.2, 0.25) is 11.6 Å². The first-order valence-corrected chi connectivity index (χ1v) is 8.67. The predicted molar refractivity (Wildman–Crippen MR) is 107 cm³/mol. The molecule has 0 bridgehead atoms. The summed E-state index contributed by atoms with van der Waals surface area (Å²) in [6.07, 6.45) is 3.57. The van der Waals surface area contributed by atoms with Crippen molar-refractivity contribution in [2.45, 2.75) is 6.54 Å². The van der Waals surface area contributed by atoms with Crippen LogP contribution in [0.1, 0.15) is 5.56 Å². The van der Waals surface area contributed by atoms with Crippen LogP contribution in [0.5, 0.6) is 23.1 Å². The van der Waals surface area contributed by atoms with Gasteiger partial charge in [-0.1, -0.05) is 0 Å². The van der Waals surface area contributed by atoms with E-state index in [1.54, 1.807) is 40.8 Å². The zero-order valence-corrected chi connectivity index (χ0v) is 16.4. The third-order valence-electron chi connectivity index (χ3n) is 4.24. The molecule has 0 fully saturated rings. The number of nitrogens with zero attached hydrogens (tertiary/aromatic N) is 2. The van der Waals surface area contributed by atoms with Crippen molar-refractivity contribution in [1.29, 1.82) is 0 Å². The number of hydrogen-bond donors (Lipinski definition) is 1. The summed E-state index contributed by atoms with van der Waals surface area (Å²) < 4.78 is 21.2. The van der Waals surface area contributed by atoms with Crippen LogP contribution in [0.15, 0.2) is 48.8 Å². The third-order valence-corrected chi connectivity index (χ3v) is 4.24. The van der Waals surface area contributed by atoms with Crippen LogP contribution in [0.25, 0.3) is 11.1 Å². The SMILES string of the molecule is COc1ccc(-c2ccc(NCc3cc(OC)c(OC)c(OC)c3)nc2)cn1. The van der Waals surface area contributed by atoms with Gasteiger partial charge >= 0.3 is 0 Å². The van der Waals surface area contributed by atoms with E-state index >= 15 is 0 Å². The molecule has 7 nitrogen and oxygen atoms in total. The minimum atomic E-state index is 0.563. The maximum atomic E-state index is 5.39. The Hall–Kier alpha value is -3.48. The molecule has 0 aliphatic carbocycles. The normalized spacial score (nSPS) is 10.3. The zero-order chi connectivity index (χ0) is 19.9. The molecule has 0 saturated heterocycles. The van der Waals surface area contributed by atoms with E-state index in [1.165, 1.54) is 0 Å². The molecule has 1 aromatic carbocycles. The lowest BCUT2D eigenvalue weighted by Crippen LogP contribution is -2.03. The van der Waals surface area contributed by atoms with Crippen LogP contribution in [0.3, 0.4) is 0 Å². The summed E-state index contributed by atoms with van der Waals surface area (Å²) >= 11 is 0. The van der Waals surface area contributed by atoms with E-state index in [0.29, 0.717) is 29.7 Å². The highest BCUT2D eigenvalue weighted by Crippen LogP contribution is 2.38. The Morgan fingerprint density at radius 2 is 1.39 bits per heavy atom. The Labute approximate surface area is 164 Å². The average molecular weight is 381 g/mol. The number of pyridine rings is 2. The Balaban J connectivity index is 1.71. The van der Waals surface area contributed by atoms with Crippen LogP contribution in [-0.2, 0) is 6.54 Å². The predicted octanol–water partition coefficient (Wildman–Crippen LogP) is 3.79. The molecule has 3 rings (SSSR count). The van der Waals surface area contributed by atoms with Crippen LogP contribution < -0.4 is 24.3 Å². The van der Waals surface area contributed by atoms with Crippen molar-refractivity contribution in [3.05, 3.63) is 54.4 Å². The fraction of sp³-hybridized carbons (Fsp3) is 0.238. The summed E-state index contributed by atoms with van der Waals surface area (Å²) in [6, 6.07) is 11.5. The van der Waals surface area contributed by atoms with E-state index < -0.39 is 0 Å².